The first kappa shape index (κ1) is 21.1. The van der Waals surface area contributed by atoms with Crippen LogP contribution >= 0.6 is 11.8 Å². The van der Waals surface area contributed by atoms with E-state index in [0.29, 0.717) is 22.4 Å². The van der Waals surface area contributed by atoms with Crippen LogP contribution in [0.3, 0.4) is 0 Å². The number of nitro benzene ring substituents is 1. The molecule has 0 radical (unpaired) electrons. The Bertz CT molecular complexity index is 1280. The Hall–Kier alpha value is -4.11. The second-order valence-electron chi connectivity index (χ2n) is 6.65. The molecule has 0 aliphatic carbocycles. The molecule has 0 unspecified atom stereocenters. The minimum absolute atomic E-state index is 0.0125. The highest BCUT2D eigenvalue weighted by molar-refractivity contribution is 8.03. The molecule has 0 spiro atoms. The monoisotopic (exact) mass is 448 g/mol. The molecule has 0 aliphatic heterocycles. The largest absolute Gasteiger partial charge is 0.489 e. The van der Waals surface area contributed by atoms with Crippen LogP contribution in [0.4, 0.5) is 5.69 Å². The van der Waals surface area contributed by atoms with Gasteiger partial charge in [-0.3, -0.25) is 10.1 Å². The molecule has 4 rings (SSSR count). The highest BCUT2D eigenvalue weighted by Crippen LogP contribution is 2.31. The molecule has 0 saturated carbocycles. The van der Waals surface area contributed by atoms with E-state index >= 15 is 0 Å². The summed E-state index contributed by atoms with van der Waals surface area (Å²) in [5.41, 5.74) is 2.66. The van der Waals surface area contributed by atoms with Crippen LogP contribution in [0.15, 0.2) is 87.3 Å². The summed E-state index contributed by atoms with van der Waals surface area (Å²) in [6.45, 7) is 0.217. The Morgan fingerprint density at radius 2 is 1.91 bits per heavy atom. The van der Waals surface area contributed by atoms with Gasteiger partial charge in [-0.2, -0.15) is 0 Å². The summed E-state index contributed by atoms with van der Waals surface area (Å²) in [6, 6.07) is 20.3. The molecular formula is C23H16N2O6S. The van der Waals surface area contributed by atoms with E-state index in [1.807, 2.05) is 12.1 Å². The highest BCUT2D eigenvalue weighted by atomic mass is 32.2. The van der Waals surface area contributed by atoms with Gasteiger partial charge in [0.05, 0.1) is 4.92 Å². The van der Waals surface area contributed by atoms with E-state index < -0.39 is 10.9 Å². The van der Waals surface area contributed by atoms with Crippen molar-refractivity contribution in [2.75, 3.05) is 0 Å². The summed E-state index contributed by atoms with van der Waals surface area (Å²) in [7, 11) is 0. The topological polar surface area (TPSA) is 116 Å². The molecule has 1 heterocycles. The van der Waals surface area contributed by atoms with Crippen molar-refractivity contribution < 1.29 is 24.0 Å². The van der Waals surface area contributed by atoms with Crippen molar-refractivity contribution in [1.29, 1.82) is 0 Å². The number of aromatic nitrogens is 1. The summed E-state index contributed by atoms with van der Waals surface area (Å²) in [5.74, 6) is -0.567. The number of benzene rings is 3. The lowest BCUT2D eigenvalue weighted by atomic mass is 10.2. The summed E-state index contributed by atoms with van der Waals surface area (Å²) in [5, 5.41) is 20.6. The van der Waals surface area contributed by atoms with Crippen molar-refractivity contribution in [2.45, 2.75) is 11.8 Å². The molecule has 0 fully saturated rings. The standard InChI is InChI=1S/C23H16N2O6S/c26-22(27)21(32-23-24-19-6-1-2-7-20(19)31-23)13-16-4-3-5-18(12-16)30-14-15-8-10-17(11-9-15)25(28)29/h1-13H,14H2,(H,26,27)/b21-13-. The fraction of sp³-hybridized carbons (Fsp3) is 0.0435. The predicted octanol–water partition coefficient (Wildman–Crippen LogP) is 5.53. The van der Waals surface area contributed by atoms with Gasteiger partial charge in [0, 0.05) is 12.1 Å². The van der Waals surface area contributed by atoms with Gasteiger partial charge in [0.1, 0.15) is 22.8 Å². The molecule has 0 atom stereocenters. The molecule has 0 amide bonds. The fourth-order valence-corrected chi connectivity index (χ4v) is 3.60. The third kappa shape index (κ3) is 5.13. The molecule has 0 saturated heterocycles. The van der Waals surface area contributed by atoms with Gasteiger partial charge in [-0.25, -0.2) is 9.78 Å². The summed E-state index contributed by atoms with van der Waals surface area (Å²) >= 11 is 0.925. The molecule has 160 valence electrons. The first-order chi connectivity index (χ1) is 15.5. The number of hydrogen-bond acceptors (Lipinski definition) is 7. The molecule has 1 N–H and O–H groups in total. The SMILES string of the molecule is O=C(O)/C(=C/c1cccc(OCc2ccc([N+](=O)[O-])cc2)c1)Sc1nc2ccccc2o1. The molecule has 1 aromatic heterocycles. The van der Waals surface area contributed by atoms with Gasteiger partial charge in [-0.15, -0.1) is 0 Å². The minimum Gasteiger partial charge on any atom is -0.489 e. The average molecular weight is 448 g/mol. The van der Waals surface area contributed by atoms with Crippen molar-refractivity contribution >= 4 is 40.6 Å². The molecule has 32 heavy (non-hydrogen) atoms. The normalized spacial score (nSPS) is 11.4. The van der Waals surface area contributed by atoms with Crippen molar-refractivity contribution in [3.63, 3.8) is 0 Å². The lowest BCUT2D eigenvalue weighted by Gasteiger charge is -2.07. The number of carboxylic acid groups (broad SMARTS) is 1. The van der Waals surface area contributed by atoms with Crippen LogP contribution in [-0.4, -0.2) is 21.0 Å². The smallest absolute Gasteiger partial charge is 0.342 e. The van der Waals surface area contributed by atoms with Crippen LogP contribution in [0, 0.1) is 10.1 Å². The average Bonchev–Trinajstić information content (AvgIpc) is 3.20. The fourth-order valence-electron chi connectivity index (χ4n) is 2.85. The number of thioether (sulfide) groups is 1. The number of carbonyl (C=O) groups is 1. The van der Waals surface area contributed by atoms with Gasteiger partial charge in [0.2, 0.25) is 0 Å². The Balaban J connectivity index is 1.48. The lowest BCUT2D eigenvalue weighted by Crippen LogP contribution is -1.98. The van der Waals surface area contributed by atoms with Crippen LogP contribution in [0.25, 0.3) is 17.2 Å². The number of oxazole rings is 1. The zero-order chi connectivity index (χ0) is 22.5. The van der Waals surface area contributed by atoms with Crippen molar-refractivity contribution in [3.05, 3.63) is 98.9 Å². The van der Waals surface area contributed by atoms with Gasteiger partial charge in [0.25, 0.3) is 10.9 Å². The van der Waals surface area contributed by atoms with E-state index in [9.17, 15) is 20.0 Å². The zero-order valence-electron chi connectivity index (χ0n) is 16.5. The summed E-state index contributed by atoms with van der Waals surface area (Å²) < 4.78 is 11.4. The number of non-ortho nitro benzene ring substituents is 1. The number of rotatable bonds is 8. The molecular weight excluding hydrogens is 432 g/mol. The van der Waals surface area contributed by atoms with E-state index in [1.54, 1.807) is 48.5 Å². The van der Waals surface area contributed by atoms with E-state index in [1.165, 1.54) is 18.2 Å². The quantitative estimate of drug-likeness (QED) is 0.162. The zero-order valence-corrected chi connectivity index (χ0v) is 17.3. The number of aliphatic carboxylic acids is 1. The van der Waals surface area contributed by atoms with Crippen LogP contribution in [0.2, 0.25) is 0 Å². The Labute approximate surface area is 186 Å². The van der Waals surface area contributed by atoms with Gasteiger partial charge < -0.3 is 14.3 Å². The predicted molar refractivity (Wildman–Crippen MR) is 119 cm³/mol. The van der Waals surface area contributed by atoms with Crippen LogP contribution < -0.4 is 4.74 Å². The molecule has 8 nitrogen and oxygen atoms in total. The number of para-hydroxylation sites is 2. The molecule has 9 heteroatoms. The highest BCUT2D eigenvalue weighted by Gasteiger charge is 2.15. The number of nitrogens with zero attached hydrogens (tertiary/aromatic N) is 2. The first-order valence-corrected chi connectivity index (χ1v) is 10.2. The van der Waals surface area contributed by atoms with Crippen LogP contribution in [0.1, 0.15) is 11.1 Å². The number of nitro groups is 1. The molecule has 4 aromatic rings. The summed E-state index contributed by atoms with van der Waals surface area (Å²) in [6.07, 6.45) is 1.51. The van der Waals surface area contributed by atoms with Gasteiger partial charge >= 0.3 is 5.97 Å². The van der Waals surface area contributed by atoms with Gasteiger partial charge in [-0.1, -0.05) is 24.3 Å². The van der Waals surface area contributed by atoms with E-state index in [2.05, 4.69) is 4.98 Å². The number of ether oxygens (including phenoxy) is 1. The second-order valence-corrected chi connectivity index (χ2v) is 7.64. The van der Waals surface area contributed by atoms with E-state index in [-0.39, 0.29) is 22.4 Å². The Morgan fingerprint density at radius 3 is 2.62 bits per heavy atom. The maximum absolute atomic E-state index is 11.8. The van der Waals surface area contributed by atoms with Crippen molar-refractivity contribution in [1.82, 2.24) is 4.98 Å². The molecule has 3 aromatic carbocycles. The summed E-state index contributed by atoms with van der Waals surface area (Å²) in [4.78, 5) is 26.4. The van der Waals surface area contributed by atoms with Crippen LogP contribution in [-0.2, 0) is 11.4 Å². The Kier molecular flexibility index (Phi) is 6.18. The van der Waals surface area contributed by atoms with Gasteiger partial charge in [0.15, 0.2) is 5.58 Å². The number of hydrogen-bond donors (Lipinski definition) is 1. The van der Waals surface area contributed by atoms with Gasteiger partial charge in [-0.05, 0) is 65.4 Å². The maximum Gasteiger partial charge on any atom is 0.342 e. The van der Waals surface area contributed by atoms with E-state index in [4.69, 9.17) is 9.15 Å². The lowest BCUT2D eigenvalue weighted by molar-refractivity contribution is -0.384. The third-order valence-corrected chi connectivity index (χ3v) is 5.25. The van der Waals surface area contributed by atoms with E-state index in [0.717, 1.165) is 17.3 Å². The first-order valence-electron chi connectivity index (χ1n) is 9.42. The Morgan fingerprint density at radius 1 is 1.12 bits per heavy atom. The number of carboxylic acids is 1. The maximum atomic E-state index is 11.8. The third-order valence-electron chi connectivity index (χ3n) is 4.39. The second kappa shape index (κ2) is 9.36. The van der Waals surface area contributed by atoms with Crippen molar-refractivity contribution in [3.8, 4) is 5.75 Å². The number of fused-ring (bicyclic) bond motifs is 1. The minimum atomic E-state index is -1.10. The molecule has 0 aliphatic rings. The molecule has 0 bridgehead atoms. The van der Waals surface area contributed by atoms with Crippen molar-refractivity contribution in [2.24, 2.45) is 0 Å². The van der Waals surface area contributed by atoms with Crippen LogP contribution in [0.5, 0.6) is 5.75 Å².